The Balaban J connectivity index is 1.51. The van der Waals surface area contributed by atoms with Gasteiger partial charge in [0.2, 0.25) is 5.91 Å². The van der Waals surface area contributed by atoms with Crippen LogP contribution in [0, 0.1) is 5.82 Å². The zero-order valence-electron chi connectivity index (χ0n) is 17.7. The number of methoxy groups -OCH3 is 1. The fraction of sp³-hybridized carbons (Fsp3) is 0.650. The minimum Gasteiger partial charge on any atom is -0.494 e. The summed E-state index contributed by atoms with van der Waals surface area (Å²) in [7, 11) is -2.17. The molecule has 2 saturated heterocycles. The molecule has 1 amide bonds. The number of morpholine rings is 1. The minimum absolute atomic E-state index is 0.0584. The van der Waals surface area contributed by atoms with Gasteiger partial charge in [0.25, 0.3) is 10.2 Å². The van der Waals surface area contributed by atoms with Gasteiger partial charge in [-0.15, -0.1) is 0 Å². The standard InChI is InChI=1S/C20H30FN3O5S/c1-15-13-24(14-16(2)29-15)30(26,27)23-10-8-22(9-11-23)20(25)7-5-17-4-6-19(28-3)18(21)12-17/h4,6,12,15-16H,5,7-11,13-14H2,1-3H3. The van der Waals surface area contributed by atoms with E-state index in [2.05, 4.69) is 0 Å². The fourth-order valence-corrected chi connectivity index (χ4v) is 5.67. The van der Waals surface area contributed by atoms with E-state index in [0.717, 1.165) is 5.56 Å². The van der Waals surface area contributed by atoms with Crippen molar-refractivity contribution in [2.75, 3.05) is 46.4 Å². The Bertz CT molecular complexity index is 848. The zero-order valence-corrected chi connectivity index (χ0v) is 18.5. The van der Waals surface area contributed by atoms with Gasteiger partial charge in [0, 0.05) is 45.7 Å². The highest BCUT2D eigenvalue weighted by Gasteiger charge is 2.37. The molecule has 2 aliphatic rings. The lowest BCUT2D eigenvalue weighted by Crippen LogP contribution is -2.57. The van der Waals surface area contributed by atoms with Crippen molar-refractivity contribution in [1.82, 2.24) is 13.5 Å². The number of amides is 1. The first-order chi connectivity index (χ1) is 14.2. The molecule has 10 heteroatoms. The number of carbonyl (C=O) groups excluding carboxylic acids is 1. The van der Waals surface area contributed by atoms with E-state index in [1.54, 1.807) is 17.0 Å². The maximum absolute atomic E-state index is 13.8. The molecule has 0 N–H and O–H groups in total. The van der Waals surface area contributed by atoms with Crippen molar-refractivity contribution < 1.29 is 27.1 Å². The Kier molecular flexibility index (Phi) is 7.33. The highest BCUT2D eigenvalue weighted by atomic mass is 32.2. The second-order valence-electron chi connectivity index (χ2n) is 7.83. The summed E-state index contributed by atoms with van der Waals surface area (Å²) in [6, 6.07) is 4.66. The summed E-state index contributed by atoms with van der Waals surface area (Å²) in [4.78, 5) is 14.2. The third-order valence-corrected chi connectivity index (χ3v) is 7.44. The van der Waals surface area contributed by atoms with E-state index in [4.69, 9.17) is 9.47 Å². The van der Waals surface area contributed by atoms with Crippen molar-refractivity contribution in [3.8, 4) is 5.75 Å². The molecule has 2 unspecified atom stereocenters. The summed E-state index contributed by atoms with van der Waals surface area (Å²) in [5, 5.41) is 0. The van der Waals surface area contributed by atoms with Crippen LogP contribution in [0.25, 0.3) is 0 Å². The Hall–Kier alpha value is -1.75. The van der Waals surface area contributed by atoms with Crippen LogP contribution >= 0.6 is 0 Å². The first-order valence-corrected chi connectivity index (χ1v) is 11.6. The number of benzene rings is 1. The number of piperazine rings is 1. The molecule has 2 atom stereocenters. The first-order valence-electron chi connectivity index (χ1n) is 10.2. The van der Waals surface area contributed by atoms with E-state index in [9.17, 15) is 17.6 Å². The van der Waals surface area contributed by atoms with Crippen LogP contribution in [0.4, 0.5) is 4.39 Å². The topological polar surface area (TPSA) is 79.4 Å². The van der Waals surface area contributed by atoms with Gasteiger partial charge in [-0.2, -0.15) is 17.0 Å². The van der Waals surface area contributed by atoms with Crippen LogP contribution in [0.1, 0.15) is 25.8 Å². The van der Waals surface area contributed by atoms with Crippen LogP contribution in [-0.2, 0) is 26.2 Å². The number of aryl methyl sites for hydroxylation is 1. The van der Waals surface area contributed by atoms with E-state index >= 15 is 0 Å². The molecule has 8 nitrogen and oxygen atoms in total. The number of rotatable bonds is 6. The summed E-state index contributed by atoms with van der Waals surface area (Å²) in [5.41, 5.74) is 0.721. The first kappa shape index (κ1) is 22.9. The largest absolute Gasteiger partial charge is 0.494 e. The smallest absolute Gasteiger partial charge is 0.282 e. The van der Waals surface area contributed by atoms with E-state index in [0.29, 0.717) is 32.6 Å². The van der Waals surface area contributed by atoms with Gasteiger partial charge < -0.3 is 14.4 Å². The molecule has 1 aromatic rings. The van der Waals surface area contributed by atoms with Gasteiger partial charge in [-0.3, -0.25) is 4.79 Å². The summed E-state index contributed by atoms with van der Waals surface area (Å²) in [6.07, 6.45) is 0.377. The lowest BCUT2D eigenvalue weighted by molar-refractivity contribution is -0.132. The average molecular weight is 444 g/mol. The van der Waals surface area contributed by atoms with Crippen LogP contribution < -0.4 is 4.74 Å². The van der Waals surface area contributed by atoms with E-state index in [1.807, 2.05) is 13.8 Å². The molecule has 2 aliphatic heterocycles. The summed E-state index contributed by atoms with van der Waals surface area (Å²) in [5.74, 6) is -0.337. The van der Waals surface area contributed by atoms with Gasteiger partial charge >= 0.3 is 0 Å². The van der Waals surface area contributed by atoms with Crippen molar-refractivity contribution in [3.05, 3.63) is 29.6 Å². The van der Waals surface area contributed by atoms with Gasteiger partial charge in [0.05, 0.1) is 19.3 Å². The van der Waals surface area contributed by atoms with E-state index in [1.165, 1.54) is 21.8 Å². The van der Waals surface area contributed by atoms with Gasteiger partial charge in [-0.25, -0.2) is 4.39 Å². The molecule has 0 radical (unpaired) electrons. The molecule has 168 valence electrons. The molecule has 0 saturated carbocycles. The number of halogens is 1. The van der Waals surface area contributed by atoms with Crippen LogP contribution in [0.5, 0.6) is 5.75 Å². The molecule has 1 aromatic carbocycles. The maximum Gasteiger partial charge on any atom is 0.282 e. The molecule has 2 heterocycles. The second-order valence-corrected chi connectivity index (χ2v) is 9.76. The quantitative estimate of drug-likeness (QED) is 0.662. The van der Waals surface area contributed by atoms with Gasteiger partial charge in [0.15, 0.2) is 11.6 Å². The van der Waals surface area contributed by atoms with Crippen LogP contribution in [0.2, 0.25) is 0 Å². The highest BCUT2D eigenvalue weighted by molar-refractivity contribution is 7.86. The Morgan fingerprint density at radius 3 is 2.33 bits per heavy atom. The average Bonchev–Trinajstić information content (AvgIpc) is 2.71. The fourth-order valence-electron chi connectivity index (χ4n) is 3.93. The second kappa shape index (κ2) is 9.59. The number of nitrogens with zero attached hydrogens (tertiary/aromatic N) is 3. The molecule has 0 aromatic heterocycles. The van der Waals surface area contributed by atoms with Gasteiger partial charge in [-0.1, -0.05) is 6.07 Å². The molecule has 0 spiro atoms. The molecular formula is C20H30FN3O5S. The molecule has 0 bridgehead atoms. The van der Waals surface area contributed by atoms with Crippen molar-refractivity contribution in [3.63, 3.8) is 0 Å². The predicted molar refractivity (Wildman–Crippen MR) is 110 cm³/mol. The number of carbonyl (C=O) groups is 1. The van der Waals surface area contributed by atoms with E-state index < -0.39 is 16.0 Å². The molecular weight excluding hydrogens is 413 g/mol. The number of hydrogen-bond acceptors (Lipinski definition) is 5. The van der Waals surface area contributed by atoms with Crippen LogP contribution in [0.3, 0.4) is 0 Å². The third-order valence-electron chi connectivity index (χ3n) is 5.47. The number of hydrogen-bond donors (Lipinski definition) is 0. The van der Waals surface area contributed by atoms with E-state index in [-0.39, 0.29) is 43.4 Å². The third kappa shape index (κ3) is 5.29. The summed E-state index contributed by atoms with van der Waals surface area (Å²) >= 11 is 0. The zero-order chi connectivity index (χ0) is 21.9. The maximum atomic E-state index is 13.8. The Morgan fingerprint density at radius 1 is 1.13 bits per heavy atom. The Labute approximate surface area is 177 Å². The molecule has 3 rings (SSSR count). The van der Waals surface area contributed by atoms with Crippen molar-refractivity contribution in [2.24, 2.45) is 0 Å². The van der Waals surface area contributed by atoms with Gasteiger partial charge in [0.1, 0.15) is 0 Å². The van der Waals surface area contributed by atoms with Crippen LogP contribution in [0.15, 0.2) is 18.2 Å². The van der Waals surface area contributed by atoms with Gasteiger partial charge in [-0.05, 0) is 38.0 Å². The number of ether oxygens (including phenoxy) is 2. The van der Waals surface area contributed by atoms with Crippen LogP contribution in [-0.4, -0.2) is 86.4 Å². The lowest BCUT2D eigenvalue weighted by Gasteiger charge is -2.40. The molecule has 0 aliphatic carbocycles. The summed E-state index contributed by atoms with van der Waals surface area (Å²) in [6.45, 7) is 5.65. The van der Waals surface area contributed by atoms with Crippen molar-refractivity contribution in [2.45, 2.75) is 38.9 Å². The molecule has 30 heavy (non-hydrogen) atoms. The lowest BCUT2D eigenvalue weighted by atomic mass is 10.1. The monoisotopic (exact) mass is 443 g/mol. The Morgan fingerprint density at radius 2 is 1.77 bits per heavy atom. The predicted octanol–water partition coefficient (Wildman–Crippen LogP) is 1.27. The summed E-state index contributed by atoms with van der Waals surface area (Å²) < 4.78 is 53.1. The SMILES string of the molecule is COc1ccc(CCC(=O)N2CCN(S(=O)(=O)N3CC(C)OC(C)C3)CC2)cc1F. The highest BCUT2D eigenvalue weighted by Crippen LogP contribution is 2.20. The normalized spacial score (nSPS) is 24.1. The van der Waals surface area contributed by atoms with Crippen molar-refractivity contribution >= 4 is 16.1 Å². The minimum atomic E-state index is -3.57. The molecule has 2 fully saturated rings. The van der Waals surface area contributed by atoms with Crippen molar-refractivity contribution in [1.29, 1.82) is 0 Å².